The maximum Gasteiger partial charge on any atom is 0.269 e. The molecule has 15 heavy (non-hydrogen) atoms. The molecule has 4 nitrogen and oxygen atoms in total. The van der Waals surface area contributed by atoms with E-state index in [0.29, 0.717) is 11.1 Å². The van der Waals surface area contributed by atoms with Gasteiger partial charge in [0.05, 0.1) is 10.5 Å². The summed E-state index contributed by atoms with van der Waals surface area (Å²) in [5.41, 5.74) is 3.43. The number of benzene rings is 1. The van der Waals surface area contributed by atoms with Crippen LogP contribution in [-0.4, -0.2) is 10.7 Å². The van der Waals surface area contributed by atoms with E-state index < -0.39 is 4.92 Å². The standard InChI is InChI=1S/C11H9NO3/c1-3-11(8(2)13)9-4-6-10(7-5-9)12(14)15/h4-7H,1H2,2H3. The normalized spacial score (nSPS) is 9.13. The molecule has 0 aromatic heterocycles. The molecule has 0 saturated carbocycles. The maximum atomic E-state index is 11.1. The zero-order valence-electron chi connectivity index (χ0n) is 8.19. The molecular weight excluding hydrogens is 194 g/mol. The highest BCUT2D eigenvalue weighted by molar-refractivity contribution is 6.19. The number of nitro benzene ring substituents is 1. The molecule has 1 aromatic carbocycles. The molecule has 0 heterocycles. The molecule has 76 valence electrons. The van der Waals surface area contributed by atoms with Gasteiger partial charge in [0.15, 0.2) is 5.78 Å². The molecule has 0 aliphatic carbocycles. The Bertz CT molecular complexity index is 453. The van der Waals surface area contributed by atoms with Crippen molar-refractivity contribution in [2.24, 2.45) is 0 Å². The number of carbonyl (C=O) groups is 1. The first kappa shape index (κ1) is 10.9. The van der Waals surface area contributed by atoms with Crippen LogP contribution < -0.4 is 0 Å². The summed E-state index contributed by atoms with van der Waals surface area (Å²) in [4.78, 5) is 21.0. The zero-order valence-corrected chi connectivity index (χ0v) is 8.19. The predicted molar refractivity (Wildman–Crippen MR) is 56.3 cm³/mol. The minimum atomic E-state index is -0.491. The molecule has 0 unspecified atom stereocenters. The Labute approximate surface area is 86.7 Å². The number of ketones is 1. The molecule has 0 aliphatic rings. The lowest BCUT2D eigenvalue weighted by atomic mass is 10.0. The van der Waals surface area contributed by atoms with Gasteiger partial charge in [-0.25, -0.2) is 0 Å². The summed E-state index contributed by atoms with van der Waals surface area (Å²) < 4.78 is 0. The van der Waals surface area contributed by atoms with Crippen LogP contribution >= 0.6 is 0 Å². The average Bonchev–Trinajstić information content (AvgIpc) is 2.19. The van der Waals surface area contributed by atoms with Crippen molar-refractivity contribution in [3.63, 3.8) is 0 Å². The Hall–Kier alpha value is -2.19. The average molecular weight is 203 g/mol. The van der Waals surface area contributed by atoms with Gasteiger partial charge < -0.3 is 0 Å². The summed E-state index contributed by atoms with van der Waals surface area (Å²) in [6.45, 7) is 4.80. The first-order valence-electron chi connectivity index (χ1n) is 4.22. The van der Waals surface area contributed by atoms with Crippen LogP contribution in [0.1, 0.15) is 12.5 Å². The number of allylic oxidation sites excluding steroid dienone is 1. The molecule has 1 rings (SSSR count). The van der Waals surface area contributed by atoms with Crippen molar-refractivity contribution in [1.29, 1.82) is 0 Å². The number of nitrogens with zero attached hydrogens (tertiary/aromatic N) is 1. The first-order chi connectivity index (χ1) is 7.06. The number of rotatable bonds is 3. The maximum absolute atomic E-state index is 11.1. The van der Waals surface area contributed by atoms with Gasteiger partial charge >= 0.3 is 0 Å². The molecule has 1 aromatic rings. The van der Waals surface area contributed by atoms with Crippen LogP contribution in [0.25, 0.3) is 5.57 Å². The van der Waals surface area contributed by atoms with E-state index in [9.17, 15) is 14.9 Å². The molecule has 0 spiro atoms. The molecule has 0 N–H and O–H groups in total. The first-order valence-corrected chi connectivity index (χ1v) is 4.22. The van der Waals surface area contributed by atoms with Crippen molar-refractivity contribution in [3.8, 4) is 0 Å². The van der Waals surface area contributed by atoms with Crippen LogP contribution in [0, 0.1) is 10.1 Å². The van der Waals surface area contributed by atoms with Crippen molar-refractivity contribution in [2.75, 3.05) is 0 Å². The number of hydrogen-bond donors (Lipinski definition) is 0. The van der Waals surface area contributed by atoms with E-state index in [4.69, 9.17) is 0 Å². The van der Waals surface area contributed by atoms with Crippen LogP contribution in [0.2, 0.25) is 0 Å². The lowest BCUT2D eigenvalue weighted by Gasteiger charge is -1.99. The molecule has 0 aliphatic heterocycles. The quantitative estimate of drug-likeness (QED) is 0.328. The molecule has 0 atom stereocenters. The monoisotopic (exact) mass is 203 g/mol. The van der Waals surface area contributed by atoms with E-state index >= 15 is 0 Å². The third-order valence-electron chi connectivity index (χ3n) is 1.90. The second-order valence-corrected chi connectivity index (χ2v) is 2.91. The third kappa shape index (κ3) is 2.39. The summed E-state index contributed by atoms with van der Waals surface area (Å²) in [5, 5.41) is 10.4. The van der Waals surface area contributed by atoms with Gasteiger partial charge in [0, 0.05) is 12.1 Å². The number of non-ortho nitro benzene ring substituents is 1. The second-order valence-electron chi connectivity index (χ2n) is 2.91. The van der Waals surface area contributed by atoms with E-state index in [1.807, 2.05) is 0 Å². The number of nitro groups is 1. The van der Waals surface area contributed by atoms with Gasteiger partial charge in [0.1, 0.15) is 0 Å². The van der Waals surface area contributed by atoms with Gasteiger partial charge in [-0.15, -0.1) is 5.73 Å². The highest BCUT2D eigenvalue weighted by Crippen LogP contribution is 2.18. The minimum absolute atomic E-state index is 0.00860. The summed E-state index contributed by atoms with van der Waals surface area (Å²) >= 11 is 0. The summed E-state index contributed by atoms with van der Waals surface area (Å²) in [5.74, 6) is -0.168. The Morgan fingerprint density at radius 1 is 1.40 bits per heavy atom. The Kier molecular flexibility index (Phi) is 3.16. The molecule has 0 saturated heterocycles. The second kappa shape index (κ2) is 4.35. The zero-order chi connectivity index (χ0) is 11.4. The number of carbonyl (C=O) groups excluding carboxylic acids is 1. The largest absolute Gasteiger partial charge is 0.294 e. The molecule has 0 radical (unpaired) electrons. The van der Waals surface area contributed by atoms with Crippen molar-refractivity contribution in [1.82, 2.24) is 0 Å². The highest BCUT2D eigenvalue weighted by Gasteiger charge is 2.09. The van der Waals surface area contributed by atoms with Crippen molar-refractivity contribution >= 4 is 17.0 Å². The van der Waals surface area contributed by atoms with E-state index in [-0.39, 0.29) is 11.5 Å². The Morgan fingerprint density at radius 2 is 1.93 bits per heavy atom. The van der Waals surface area contributed by atoms with Crippen molar-refractivity contribution in [2.45, 2.75) is 6.92 Å². The van der Waals surface area contributed by atoms with Crippen molar-refractivity contribution < 1.29 is 9.72 Å². The Balaban J connectivity index is 3.14. The number of hydrogen-bond acceptors (Lipinski definition) is 3. The van der Waals surface area contributed by atoms with Crippen LogP contribution in [0.4, 0.5) is 5.69 Å². The number of Topliss-reactive ketones (excluding diaryl/α,β-unsaturated/α-hetero) is 1. The highest BCUT2D eigenvalue weighted by atomic mass is 16.6. The van der Waals surface area contributed by atoms with Gasteiger partial charge in [0.2, 0.25) is 0 Å². The van der Waals surface area contributed by atoms with Crippen LogP contribution in [0.15, 0.2) is 36.6 Å². The van der Waals surface area contributed by atoms with Crippen LogP contribution in [0.3, 0.4) is 0 Å². The molecular formula is C11H9NO3. The SMILES string of the molecule is C=C=C(C(C)=O)c1ccc([N+](=O)[O-])cc1. The fourth-order valence-electron chi connectivity index (χ4n) is 1.18. The lowest BCUT2D eigenvalue weighted by Crippen LogP contribution is -1.95. The summed E-state index contributed by atoms with van der Waals surface area (Å²) in [6, 6.07) is 5.70. The lowest BCUT2D eigenvalue weighted by molar-refractivity contribution is -0.384. The van der Waals surface area contributed by atoms with Crippen LogP contribution in [-0.2, 0) is 4.79 Å². The van der Waals surface area contributed by atoms with E-state index in [2.05, 4.69) is 12.3 Å². The smallest absolute Gasteiger partial charge is 0.269 e. The predicted octanol–water partition coefficient (Wildman–Crippen LogP) is 2.35. The summed E-state index contributed by atoms with van der Waals surface area (Å²) in [7, 11) is 0. The topological polar surface area (TPSA) is 60.2 Å². The van der Waals surface area contributed by atoms with Gasteiger partial charge in [-0.05, 0) is 24.6 Å². The fourth-order valence-corrected chi connectivity index (χ4v) is 1.18. The van der Waals surface area contributed by atoms with E-state index in [0.717, 1.165) is 0 Å². The van der Waals surface area contributed by atoms with Gasteiger partial charge in [-0.2, -0.15) is 0 Å². The van der Waals surface area contributed by atoms with Crippen molar-refractivity contribution in [3.05, 3.63) is 52.3 Å². The van der Waals surface area contributed by atoms with E-state index in [1.165, 1.54) is 31.2 Å². The molecule has 0 fully saturated rings. The van der Waals surface area contributed by atoms with E-state index in [1.54, 1.807) is 0 Å². The molecule has 4 heteroatoms. The van der Waals surface area contributed by atoms with Crippen LogP contribution in [0.5, 0.6) is 0 Å². The third-order valence-corrected chi connectivity index (χ3v) is 1.90. The fraction of sp³-hybridized carbons (Fsp3) is 0.0909. The minimum Gasteiger partial charge on any atom is -0.294 e. The van der Waals surface area contributed by atoms with Gasteiger partial charge in [-0.3, -0.25) is 14.9 Å². The molecule has 0 amide bonds. The van der Waals surface area contributed by atoms with Gasteiger partial charge in [-0.1, -0.05) is 6.58 Å². The Morgan fingerprint density at radius 3 is 2.27 bits per heavy atom. The van der Waals surface area contributed by atoms with Gasteiger partial charge in [0.25, 0.3) is 5.69 Å². The summed E-state index contributed by atoms with van der Waals surface area (Å²) in [6.07, 6.45) is 0. The molecule has 0 bridgehead atoms.